The Balaban J connectivity index is 2.57. The van der Waals surface area contributed by atoms with Gasteiger partial charge in [-0.3, -0.25) is 0 Å². The number of esters is 1. The molecule has 2 heterocycles. The number of imidazole rings is 1. The van der Waals surface area contributed by atoms with E-state index in [0.717, 1.165) is 12.1 Å². The summed E-state index contributed by atoms with van der Waals surface area (Å²) in [6.07, 6.45) is 4.26. The number of aromatic nitrogens is 5. The van der Waals surface area contributed by atoms with Crippen molar-refractivity contribution in [2.45, 2.75) is 33.2 Å². The highest BCUT2D eigenvalue weighted by Crippen LogP contribution is 2.26. The number of nitrogens with zero attached hydrogens (tertiary/aromatic N) is 5. The van der Waals surface area contributed by atoms with Gasteiger partial charge in [-0.2, -0.15) is 0 Å². The summed E-state index contributed by atoms with van der Waals surface area (Å²) >= 11 is 0. The molecule has 0 saturated carbocycles. The molecule has 1 atom stereocenters. The van der Waals surface area contributed by atoms with E-state index >= 15 is 0 Å². The third-order valence-electron chi connectivity index (χ3n) is 3.23. The third kappa shape index (κ3) is 2.43. The number of ether oxygens (including phenoxy) is 1. The molecule has 108 valence electrons. The average molecular weight is 277 g/mol. The maximum absolute atomic E-state index is 12.0. The van der Waals surface area contributed by atoms with Crippen LogP contribution in [0.1, 0.15) is 43.7 Å². The van der Waals surface area contributed by atoms with Crippen molar-refractivity contribution in [3.05, 3.63) is 18.2 Å². The lowest BCUT2D eigenvalue weighted by molar-refractivity contribution is 0.0520. The zero-order chi connectivity index (χ0) is 14.7. The first-order chi connectivity index (χ1) is 9.60. The minimum atomic E-state index is -0.460. The van der Waals surface area contributed by atoms with Gasteiger partial charge in [0.05, 0.1) is 30.9 Å². The molecule has 2 aromatic rings. The Kier molecular flexibility index (Phi) is 4.16. The maximum Gasteiger partial charge on any atom is 0.361 e. The van der Waals surface area contributed by atoms with Crippen molar-refractivity contribution in [2.24, 2.45) is 7.05 Å². The molecule has 0 radical (unpaired) electrons. The molecular formula is C13H19N5O2. The Bertz CT molecular complexity index is 602. The van der Waals surface area contributed by atoms with Gasteiger partial charge in [0.25, 0.3) is 0 Å². The quantitative estimate of drug-likeness (QED) is 0.779. The van der Waals surface area contributed by atoms with Crippen LogP contribution in [0.15, 0.2) is 12.5 Å². The van der Waals surface area contributed by atoms with Crippen LogP contribution in [-0.4, -0.2) is 37.1 Å². The van der Waals surface area contributed by atoms with E-state index in [9.17, 15) is 4.79 Å². The summed E-state index contributed by atoms with van der Waals surface area (Å²) in [5, 5.41) is 8.11. The van der Waals surface area contributed by atoms with Crippen molar-refractivity contribution in [3.8, 4) is 11.4 Å². The highest BCUT2D eigenvalue weighted by molar-refractivity contribution is 5.93. The number of hydrogen-bond donors (Lipinski definition) is 0. The molecule has 0 amide bonds. The molecule has 7 nitrogen and oxygen atoms in total. The standard InChI is InChI=1S/C13H19N5O2/c1-5-9(3)18-12(10-7-14-8-17(10)4)11(15-16-18)13(19)20-6-2/h7-9H,5-6H2,1-4H3. The topological polar surface area (TPSA) is 74.8 Å². The van der Waals surface area contributed by atoms with Crippen LogP contribution in [0, 0.1) is 0 Å². The van der Waals surface area contributed by atoms with E-state index in [1.807, 2.05) is 18.5 Å². The Hall–Kier alpha value is -2.18. The molecule has 1 unspecified atom stereocenters. The van der Waals surface area contributed by atoms with Crippen LogP contribution in [0.3, 0.4) is 0 Å². The number of carbonyl (C=O) groups is 1. The van der Waals surface area contributed by atoms with Crippen molar-refractivity contribution >= 4 is 5.97 Å². The minimum Gasteiger partial charge on any atom is -0.461 e. The van der Waals surface area contributed by atoms with Crippen LogP contribution in [0.5, 0.6) is 0 Å². The Morgan fingerprint density at radius 2 is 2.20 bits per heavy atom. The van der Waals surface area contributed by atoms with Gasteiger partial charge in [0.1, 0.15) is 5.69 Å². The van der Waals surface area contributed by atoms with Gasteiger partial charge in [0, 0.05) is 7.05 Å². The summed E-state index contributed by atoms with van der Waals surface area (Å²) in [7, 11) is 1.87. The summed E-state index contributed by atoms with van der Waals surface area (Å²) in [6.45, 7) is 6.16. The maximum atomic E-state index is 12.0. The Morgan fingerprint density at radius 1 is 1.45 bits per heavy atom. The molecule has 0 aliphatic rings. The lowest BCUT2D eigenvalue weighted by atomic mass is 10.2. The van der Waals surface area contributed by atoms with E-state index in [1.165, 1.54) is 0 Å². The number of carbonyl (C=O) groups excluding carboxylic acids is 1. The predicted molar refractivity (Wildman–Crippen MR) is 73.2 cm³/mol. The molecule has 0 bridgehead atoms. The second kappa shape index (κ2) is 5.85. The van der Waals surface area contributed by atoms with Gasteiger partial charge in [0.15, 0.2) is 5.69 Å². The molecular weight excluding hydrogens is 258 g/mol. The van der Waals surface area contributed by atoms with Gasteiger partial charge in [-0.1, -0.05) is 12.1 Å². The van der Waals surface area contributed by atoms with Crippen molar-refractivity contribution < 1.29 is 9.53 Å². The Morgan fingerprint density at radius 3 is 2.75 bits per heavy atom. The van der Waals surface area contributed by atoms with Gasteiger partial charge in [-0.05, 0) is 20.3 Å². The fourth-order valence-electron chi connectivity index (χ4n) is 1.94. The second-order valence-corrected chi connectivity index (χ2v) is 4.60. The molecule has 0 fully saturated rings. The molecule has 0 N–H and O–H groups in total. The fourth-order valence-corrected chi connectivity index (χ4v) is 1.94. The van der Waals surface area contributed by atoms with Crippen molar-refractivity contribution in [1.82, 2.24) is 24.5 Å². The third-order valence-corrected chi connectivity index (χ3v) is 3.23. The van der Waals surface area contributed by atoms with Crippen LogP contribution < -0.4 is 0 Å². The van der Waals surface area contributed by atoms with Crippen LogP contribution in [0.25, 0.3) is 11.4 Å². The summed E-state index contributed by atoms with van der Waals surface area (Å²) in [6, 6.07) is 0.135. The summed E-state index contributed by atoms with van der Waals surface area (Å²) in [4.78, 5) is 16.1. The highest BCUT2D eigenvalue weighted by atomic mass is 16.5. The minimum absolute atomic E-state index is 0.135. The molecule has 0 spiro atoms. The highest BCUT2D eigenvalue weighted by Gasteiger charge is 2.25. The van der Waals surface area contributed by atoms with Gasteiger partial charge in [-0.15, -0.1) is 5.10 Å². The van der Waals surface area contributed by atoms with E-state index in [4.69, 9.17) is 4.74 Å². The largest absolute Gasteiger partial charge is 0.461 e. The first-order valence-electron chi connectivity index (χ1n) is 6.69. The van der Waals surface area contributed by atoms with Crippen LogP contribution in [0.2, 0.25) is 0 Å². The predicted octanol–water partition coefficient (Wildman–Crippen LogP) is 1.83. The smallest absolute Gasteiger partial charge is 0.361 e. The molecule has 0 aliphatic heterocycles. The zero-order valence-corrected chi connectivity index (χ0v) is 12.2. The molecule has 7 heteroatoms. The normalized spacial score (nSPS) is 12.4. The molecule has 20 heavy (non-hydrogen) atoms. The van der Waals surface area contributed by atoms with Gasteiger partial charge in [-0.25, -0.2) is 14.5 Å². The molecule has 2 aromatic heterocycles. The monoisotopic (exact) mass is 277 g/mol. The summed E-state index contributed by atoms with van der Waals surface area (Å²) in [5.74, 6) is -0.460. The zero-order valence-electron chi connectivity index (χ0n) is 12.2. The average Bonchev–Trinajstić information content (AvgIpc) is 3.03. The molecule has 0 aromatic carbocycles. The Labute approximate surface area is 117 Å². The van der Waals surface area contributed by atoms with Gasteiger partial charge in [0.2, 0.25) is 0 Å². The van der Waals surface area contributed by atoms with E-state index in [2.05, 4.69) is 22.2 Å². The molecule has 2 rings (SSSR count). The molecule has 0 aliphatic carbocycles. The number of hydrogen-bond acceptors (Lipinski definition) is 5. The van der Waals surface area contributed by atoms with Crippen molar-refractivity contribution in [1.29, 1.82) is 0 Å². The lowest BCUT2D eigenvalue weighted by Crippen LogP contribution is -2.12. The fraction of sp³-hybridized carbons (Fsp3) is 0.538. The summed E-state index contributed by atoms with van der Waals surface area (Å²) < 4.78 is 8.64. The van der Waals surface area contributed by atoms with Crippen LogP contribution in [-0.2, 0) is 11.8 Å². The SMILES string of the molecule is CCOC(=O)c1nnn(C(C)CC)c1-c1cncn1C. The van der Waals surface area contributed by atoms with E-state index in [0.29, 0.717) is 12.3 Å². The van der Waals surface area contributed by atoms with Gasteiger partial charge >= 0.3 is 5.97 Å². The second-order valence-electron chi connectivity index (χ2n) is 4.60. The lowest BCUT2D eigenvalue weighted by Gasteiger charge is -2.13. The van der Waals surface area contributed by atoms with E-state index < -0.39 is 5.97 Å². The first-order valence-corrected chi connectivity index (χ1v) is 6.69. The van der Waals surface area contributed by atoms with E-state index in [-0.39, 0.29) is 11.7 Å². The van der Waals surface area contributed by atoms with Crippen LogP contribution in [0.4, 0.5) is 0 Å². The van der Waals surface area contributed by atoms with E-state index in [1.54, 1.807) is 24.1 Å². The van der Waals surface area contributed by atoms with Crippen molar-refractivity contribution in [3.63, 3.8) is 0 Å². The first kappa shape index (κ1) is 14.2. The van der Waals surface area contributed by atoms with Gasteiger partial charge < -0.3 is 9.30 Å². The van der Waals surface area contributed by atoms with Crippen molar-refractivity contribution in [2.75, 3.05) is 6.61 Å². The summed E-state index contributed by atoms with van der Waals surface area (Å²) in [5.41, 5.74) is 1.67. The number of rotatable bonds is 5. The number of aryl methyl sites for hydroxylation is 1. The molecule has 0 saturated heterocycles. The van der Waals surface area contributed by atoms with Crippen LogP contribution >= 0.6 is 0 Å².